The number of aromatic nitrogens is 4. The summed E-state index contributed by atoms with van der Waals surface area (Å²) < 4.78 is 7.18. The molecule has 0 N–H and O–H groups in total. The van der Waals surface area contributed by atoms with Crippen molar-refractivity contribution in [2.75, 3.05) is 13.1 Å². The van der Waals surface area contributed by atoms with Crippen molar-refractivity contribution in [3.63, 3.8) is 0 Å². The van der Waals surface area contributed by atoms with Crippen LogP contribution >= 0.6 is 0 Å². The molecule has 3 aromatic heterocycles. The van der Waals surface area contributed by atoms with Gasteiger partial charge in [-0.2, -0.15) is 4.98 Å². The van der Waals surface area contributed by atoms with E-state index in [2.05, 4.69) is 15.1 Å². The fraction of sp³-hybridized carbons (Fsp3) is 0.381. The Morgan fingerprint density at radius 2 is 2.00 bits per heavy atom. The van der Waals surface area contributed by atoms with Crippen LogP contribution in [0.15, 0.2) is 52.0 Å². The molecule has 1 fully saturated rings. The van der Waals surface area contributed by atoms with Crippen LogP contribution in [0.1, 0.15) is 30.3 Å². The van der Waals surface area contributed by atoms with Crippen LogP contribution in [0.2, 0.25) is 0 Å². The standard InChI is InChI=1S/C21H21N5O3/c27-19(5-4-18-23-21(24-29-18)15-6-8-22-9-7-15)25-11-14-10-16(13-25)17-2-1-3-20(28)26(17)12-14/h1-3,6-9,14,16H,4-5,10-13H2/t14-,16+/m0/s1. The van der Waals surface area contributed by atoms with Crippen molar-refractivity contribution in [3.8, 4) is 11.4 Å². The number of piperidine rings is 1. The molecule has 5 heterocycles. The van der Waals surface area contributed by atoms with Gasteiger partial charge in [-0.25, -0.2) is 0 Å². The molecule has 0 radical (unpaired) electrons. The lowest BCUT2D eigenvalue weighted by atomic mass is 9.83. The third-order valence-electron chi connectivity index (χ3n) is 5.79. The highest BCUT2D eigenvalue weighted by Crippen LogP contribution is 2.35. The number of hydrogen-bond donors (Lipinski definition) is 0. The van der Waals surface area contributed by atoms with E-state index in [9.17, 15) is 9.59 Å². The van der Waals surface area contributed by atoms with Crippen LogP contribution in [0, 0.1) is 5.92 Å². The van der Waals surface area contributed by atoms with E-state index in [1.54, 1.807) is 18.5 Å². The summed E-state index contributed by atoms with van der Waals surface area (Å²) in [7, 11) is 0. The summed E-state index contributed by atoms with van der Waals surface area (Å²) in [6, 6.07) is 9.06. The Kier molecular flexibility index (Phi) is 4.46. The molecule has 2 bridgehead atoms. The molecule has 8 heteroatoms. The molecule has 3 aromatic rings. The van der Waals surface area contributed by atoms with Crippen molar-refractivity contribution in [2.24, 2.45) is 5.92 Å². The first-order valence-electron chi connectivity index (χ1n) is 9.88. The second-order valence-electron chi connectivity index (χ2n) is 7.74. The summed E-state index contributed by atoms with van der Waals surface area (Å²) in [5.41, 5.74) is 1.93. The van der Waals surface area contributed by atoms with E-state index < -0.39 is 0 Å². The highest BCUT2D eigenvalue weighted by atomic mass is 16.5. The maximum absolute atomic E-state index is 12.8. The first kappa shape index (κ1) is 17.8. The Morgan fingerprint density at radius 1 is 1.14 bits per heavy atom. The Bertz CT molecular complexity index is 1090. The van der Waals surface area contributed by atoms with Gasteiger partial charge in [-0.3, -0.25) is 14.6 Å². The molecule has 0 saturated carbocycles. The molecule has 29 heavy (non-hydrogen) atoms. The summed E-state index contributed by atoms with van der Waals surface area (Å²) >= 11 is 0. The number of amides is 1. The van der Waals surface area contributed by atoms with E-state index in [1.165, 1.54) is 0 Å². The Balaban J connectivity index is 1.24. The normalized spacial score (nSPS) is 20.3. The van der Waals surface area contributed by atoms with Crippen LogP contribution in [0.4, 0.5) is 0 Å². The topological polar surface area (TPSA) is 94.1 Å². The Morgan fingerprint density at radius 3 is 2.86 bits per heavy atom. The number of nitrogens with zero attached hydrogens (tertiary/aromatic N) is 5. The van der Waals surface area contributed by atoms with Gasteiger partial charge in [0.2, 0.25) is 17.6 Å². The molecule has 1 saturated heterocycles. The number of likely N-dealkylation sites (tertiary alicyclic amines) is 1. The number of hydrogen-bond acceptors (Lipinski definition) is 6. The van der Waals surface area contributed by atoms with Gasteiger partial charge in [0, 0.05) is 68.1 Å². The average Bonchev–Trinajstić information content (AvgIpc) is 3.22. The summed E-state index contributed by atoms with van der Waals surface area (Å²) in [4.78, 5) is 35.2. The first-order chi connectivity index (χ1) is 14.2. The average molecular weight is 391 g/mol. The van der Waals surface area contributed by atoms with Gasteiger partial charge in [0.05, 0.1) is 0 Å². The Labute approximate surface area is 167 Å². The Hall–Kier alpha value is -3.29. The van der Waals surface area contributed by atoms with Gasteiger partial charge in [0.1, 0.15) is 0 Å². The zero-order chi connectivity index (χ0) is 19.8. The molecule has 5 rings (SSSR count). The fourth-order valence-corrected chi connectivity index (χ4v) is 4.45. The van der Waals surface area contributed by atoms with Crippen molar-refractivity contribution in [2.45, 2.75) is 31.7 Å². The highest BCUT2D eigenvalue weighted by Gasteiger charge is 2.36. The van der Waals surface area contributed by atoms with Gasteiger partial charge in [-0.05, 0) is 30.5 Å². The number of pyridine rings is 2. The van der Waals surface area contributed by atoms with Crippen LogP contribution in [-0.2, 0) is 17.8 Å². The number of rotatable bonds is 4. The predicted octanol–water partition coefficient (Wildman–Crippen LogP) is 1.87. The van der Waals surface area contributed by atoms with Crippen molar-refractivity contribution in [1.29, 1.82) is 0 Å². The summed E-state index contributed by atoms with van der Waals surface area (Å²) in [6.45, 7) is 2.04. The quantitative estimate of drug-likeness (QED) is 0.674. The van der Waals surface area contributed by atoms with Gasteiger partial charge in [0.25, 0.3) is 5.56 Å². The molecule has 0 unspecified atom stereocenters. The van der Waals surface area contributed by atoms with E-state index in [4.69, 9.17) is 4.52 Å². The molecular formula is C21H21N5O3. The lowest BCUT2D eigenvalue weighted by molar-refractivity contribution is -0.134. The van der Waals surface area contributed by atoms with Crippen LogP contribution < -0.4 is 5.56 Å². The van der Waals surface area contributed by atoms with E-state index in [1.807, 2.05) is 33.7 Å². The molecule has 0 aliphatic carbocycles. The SMILES string of the molecule is O=C(CCc1nc(-c2ccncc2)no1)N1C[C@@H]2C[C@H](C1)c1cccc(=O)n1C2. The monoisotopic (exact) mass is 391 g/mol. The summed E-state index contributed by atoms with van der Waals surface area (Å²) in [6.07, 6.45) is 5.13. The molecule has 1 amide bonds. The second-order valence-corrected chi connectivity index (χ2v) is 7.74. The van der Waals surface area contributed by atoms with E-state index in [0.717, 1.165) is 17.7 Å². The van der Waals surface area contributed by atoms with Crippen LogP contribution in [0.3, 0.4) is 0 Å². The van der Waals surface area contributed by atoms with Gasteiger partial charge >= 0.3 is 0 Å². The summed E-state index contributed by atoms with van der Waals surface area (Å²) in [5.74, 6) is 1.60. The summed E-state index contributed by atoms with van der Waals surface area (Å²) in [5, 5.41) is 3.99. The van der Waals surface area contributed by atoms with Gasteiger partial charge in [-0.1, -0.05) is 11.2 Å². The largest absolute Gasteiger partial charge is 0.342 e. The lowest BCUT2D eigenvalue weighted by Crippen LogP contribution is -2.49. The van der Waals surface area contributed by atoms with Gasteiger partial charge in [-0.15, -0.1) is 0 Å². The molecule has 148 valence electrons. The predicted molar refractivity (Wildman–Crippen MR) is 104 cm³/mol. The lowest BCUT2D eigenvalue weighted by Gasteiger charge is -2.42. The third kappa shape index (κ3) is 3.46. The fourth-order valence-electron chi connectivity index (χ4n) is 4.45. The number of carbonyl (C=O) groups excluding carboxylic acids is 1. The highest BCUT2D eigenvalue weighted by molar-refractivity contribution is 5.76. The smallest absolute Gasteiger partial charge is 0.250 e. The molecule has 2 atom stereocenters. The minimum absolute atomic E-state index is 0.0540. The molecule has 2 aliphatic rings. The maximum atomic E-state index is 12.8. The maximum Gasteiger partial charge on any atom is 0.250 e. The number of aryl methyl sites for hydroxylation is 1. The molecule has 0 spiro atoms. The minimum Gasteiger partial charge on any atom is -0.342 e. The van der Waals surface area contributed by atoms with Crippen LogP contribution in [0.5, 0.6) is 0 Å². The van der Waals surface area contributed by atoms with Crippen LogP contribution in [-0.4, -0.2) is 43.6 Å². The number of fused-ring (bicyclic) bond motifs is 4. The third-order valence-corrected chi connectivity index (χ3v) is 5.79. The van der Waals surface area contributed by atoms with Crippen molar-refractivity contribution in [3.05, 3.63) is 64.7 Å². The minimum atomic E-state index is 0.0540. The first-order valence-corrected chi connectivity index (χ1v) is 9.88. The van der Waals surface area contributed by atoms with Crippen LogP contribution in [0.25, 0.3) is 11.4 Å². The van der Waals surface area contributed by atoms with E-state index in [-0.39, 0.29) is 17.4 Å². The molecular weight excluding hydrogens is 370 g/mol. The molecule has 8 nitrogen and oxygen atoms in total. The van der Waals surface area contributed by atoms with Gasteiger partial charge < -0.3 is 14.0 Å². The number of carbonyl (C=O) groups is 1. The van der Waals surface area contributed by atoms with E-state index in [0.29, 0.717) is 50.1 Å². The second kappa shape index (κ2) is 7.27. The van der Waals surface area contributed by atoms with Crippen molar-refractivity contribution < 1.29 is 9.32 Å². The van der Waals surface area contributed by atoms with E-state index >= 15 is 0 Å². The van der Waals surface area contributed by atoms with Crippen molar-refractivity contribution in [1.82, 2.24) is 24.6 Å². The molecule has 0 aromatic carbocycles. The zero-order valence-electron chi connectivity index (χ0n) is 15.9. The molecule has 2 aliphatic heterocycles. The zero-order valence-corrected chi connectivity index (χ0v) is 15.9. The van der Waals surface area contributed by atoms with Gasteiger partial charge in [0.15, 0.2) is 0 Å². The van der Waals surface area contributed by atoms with Crippen molar-refractivity contribution >= 4 is 5.91 Å².